The molecule has 2 aromatic heterocycles. The van der Waals surface area contributed by atoms with E-state index < -0.39 is 0 Å². The third-order valence-corrected chi connectivity index (χ3v) is 5.11. The Kier molecular flexibility index (Phi) is 5.73. The highest BCUT2D eigenvalue weighted by Gasteiger charge is 2.20. The van der Waals surface area contributed by atoms with Crippen LogP contribution in [-0.2, 0) is 0 Å². The maximum absolute atomic E-state index is 6.47. The standard InChI is InChI=1S/C20H24Cl2N4/c1-5-7-10-25(6-2)18-11-13(3)23-20-19(14(4)24-26(18)20)16-9-8-15(21)12-17(16)22/h8-9,11-12H,5-7,10H2,1-4H3. The van der Waals surface area contributed by atoms with E-state index in [1.165, 1.54) is 0 Å². The molecule has 0 bridgehead atoms. The molecule has 6 heteroatoms. The fourth-order valence-electron chi connectivity index (χ4n) is 3.24. The second-order valence-electron chi connectivity index (χ2n) is 6.51. The van der Waals surface area contributed by atoms with Crippen LogP contribution in [0.3, 0.4) is 0 Å². The lowest BCUT2D eigenvalue weighted by Crippen LogP contribution is -2.26. The predicted octanol–water partition coefficient (Wildman–Crippen LogP) is 5.95. The molecule has 1 aromatic carbocycles. The largest absolute Gasteiger partial charge is 0.357 e. The molecule has 3 aromatic rings. The lowest BCUT2D eigenvalue weighted by molar-refractivity contribution is 0.707. The fourth-order valence-corrected chi connectivity index (χ4v) is 3.74. The first kappa shape index (κ1) is 19.0. The van der Waals surface area contributed by atoms with Gasteiger partial charge in [-0.3, -0.25) is 0 Å². The van der Waals surface area contributed by atoms with Crippen molar-refractivity contribution in [2.75, 3.05) is 18.0 Å². The highest BCUT2D eigenvalue weighted by atomic mass is 35.5. The Bertz CT molecular complexity index is 933. The van der Waals surface area contributed by atoms with Crippen LogP contribution in [0.1, 0.15) is 38.1 Å². The monoisotopic (exact) mass is 390 g/mol. The third-order valence-electron chi connectivity index (χ3n) is 4.56. The summed E-state index contributed by atoms with van der Waals surface area (Å²) in [5, 5.41) is 6.02. The number of benzene rings is 1. The number of halogens is 2. The topological polar surface area (TPSA) is 33.4 Å². The zero-order valence-electron chi connectivity index (χ0n) is 15.7. The van der Waals surface area contributed by atoms with E-state index in [4.69, 9.17) is 33.3 Å². The van der Waals surface area contributed by atoms with Crippen molar-refractivity contribution in [1.82, 2.24) is 14.6 Å². The molecule has 0 unspecified atom stereocenters. The average Bonchev–Trinajstić information content (AvgIpc) is 2.91. The van der Waals surface area contributed by atoms with Crippen LogP contribution in [0.2, 0.25) is 10.0 Å². The number of rotatable bonds is 6. The number of fused-ring (bicyclic) bond motifs is 1. The van der Waals surface area contributed by atoms with Gasteiger partial charge in [0.1, 0.15) is 5.82 Å². The maximum atomic E-state index is 6.47. The van der Waals surface area contributed by atoms with Crippen LogP contribution in [0, 0.1) is 13.8 Å². The lowest BCUT2D eigenvalue weighted by atomic mass is 10.1. The second-order valence-corrected chi connectivity index (χ2v) is 7.35. The van der Waals surface area contributed by atoms with E-state index in [0.717, 1.165) is 59.9 Å². The summed E-state index contributed by atoms with van der Waals surface area (Å²) >= 11 is 12.5. The molecule has 0 aliphatic carbocycles. The summed E-state index contributed by atoms with van der Waals surface area (Å²) in [5.74, 6) is 1.07. The summed E-state index contributed by atoms with van der Waals surface area (Å²) in [6.07, 6.45) is 2.31. The minimum Gasteiger partial charge on any atom is -0.357 e. The van der Waals surface area contributed by atoms with E-state index in [0.29, 0.717) is 10.0 Å². The van der Waals surface area contributed by atoms with Crippen molar-refractivity contribution < 1.29 is 0 Å². The van der Waals surface area contributed by atoms with Crippen LogP contribution in [-0.4, -0.2) is 27.7 Å². The first-order valence-electron chi connectivity index (χ1n) is 9.03. The molecule has 0 aliphatic rings. The van der Waals surface area contributed by atoms with Crippen LogP contribution in [0.25, 0.3) is 16.8 Å². The van der Waals surface area contributed by atoms with Gasteiger partial charge < -0.3 is 4.90 Å². The smallest absolute Gasteiger partial charge is 0.165 e. The first-order chi connectivity index (χ1) is 12.5. The molecule has 0 saturated heterocycles. The number of anilines is 1. The highest BCUT2D eigenvalue weighted by molar-refractivity contribution is 6.36. The quantitative estimate of drug-likeness (QED) is 0.521. The molecular weight excluding hydrogens is 367 g/mol. The molecule has 0 aliphatic heterocycles. The van der Waals surface area contributed by atoms with Gasteiger partial charge in [0.15, 0.2) is 5.65 Å². The van der Waals surface area contributed by atoms with E-state index >= 15 is 0 Å². The number of hydrogen-bond acceptors (Lipinski definition) is 3. The maximum Gasteiger partial charge on any atom is 0.165 e. The van der Waals surface area contributed by atoms with Crippen molar-refractivity contribution in [2.24, 2.45) is 0 Å². The summed E-state index contributed by atoms with van der Waals surface area (Å²) in [6, 6.07) is 7.65. The summed E-state index contributed by atoms with van der Waals surface area (Å²) in [6.45, 7) is 10.3. The molecule has 138 valence electrons. The first-order valence-corrected chi connectivity index (χ1v) is 9.79. The summed E-state index contributed by atoms with van der Waals surface area (Å²) in [4.78, 5) is 7.13. The van der Waals surface area contributed by atoms with Crippen molar-refractivity contribution in [3.05, 3.63) is 45.7 Å². The molecule has 0 radical (unpaired) electrons. The number of aryl methyl sites for hydroxylation is 2. The number of aromatic nitrogens is 3. The number of hydrogen-bond donors (Lipinski definition) is 0. The molecular formula is C20H24Cl2N4. The Morgan fingerprint density at radius 3 is 2.54 bits per heavy atom. The minimum atomic E-state index is 0.610. The van der Waals surface area contributed by atoms with Gasteiger partial charge in [-0.2, -0.15) is 9.61 Å². The SMILES string of the molecule is CCCCN(CC)c1cc(C)nc2c(-c3ccc(Cl)cc3Cl)c(C)nn12. The van der Waals surface area contributed by atoms with Gasteiger partial charge in [-0.05, 0) is 39.3 Å². The summed E-state index contributed by atoms with van der Waals surface area (Å²) < 4.78 is 1.95. The molecule has 4 nitrogen and oxygen atoms in total. The Labute approximate surface area is 164 Å². The summed E-state index contributed by atoms with van der Waals surface area (Å²) in [5.41, 5.74) is 4.57. The Morgan fingerprint density at radius 2 is 1.88 bits per heavy atom. The van der Waals surface area contributed by atoms with Gasteiger partial charge in [-0.25, -0.2) is 4.98 Å². The van der Waals surface area contributed by atoms with Crippen LogP contribution in [0.15, 0.2) is 24.3 Å². The van der Waals surface area contributed by atoms with Gasteiger partial charge >= 0.3 is 0 Å². The van der Waals surface area contributed by atoms with E-state index in [2.05, 4.69) is 24.8 Å². The molecule has 0 atom stereocenters. The van der Waals surface area contributed by atoms with Crippen molar-refractivity contribution in [3.63, 3.8) is 0 Å². The third kappa shape index (κ3) is 3.53. The van der Waals surface area contributed by atoms with E-state index in [1.807, 2.05) is 30.5 Å². The molecule has 0 N–H and O–H groups in total. The van der Waals surface area contributed by atoms with Crippen molar-refractivity contribution >= 4 is 34.7 Å². The second kappa shape index (κ2) is 7.85. The van der Waals surface area contributed by atoms with E-state index in [1.54, 1.807) is 6.07 Å². The van der Waals surface area contributed by atoms with Gasteiger partial charge in [0.2, 0.25) is 0 Å². The zero-order valence-corrected chi connectivity index (χ0v) is 17.2. The van der Waals surface area contributed by atoms with Crippen LogP contribution >= 0.6 is 23.2 Å². The Hall–Kier alpha value is -1.78. The fraction of sp³-hybridized carbons (Fsp3) is 0.400. The molecule has 3 rings (SSSR count). The van der Waals surface area contributed by atoms with Crippen molar-refractivity contribution in [1.29, 1.82) is 0 Å². The number of unbranched alkanes of at least 4 members (excludes halogenated alkanes) is 1. The van der Waals surface area contributed by atoms with Gasteiger partial charge in [0, 0.05) is 35.4 Å². The van der Waals surface area contributed by atoms with Gasteiger partial charge in [-0.15, -0.1) is 0 Å². The zero-order chi connectivity index (χ0) is 18.8. The molecule has 26 heavy (non-hydrogen) atoms. The van der Waals surface area contributed by atoms with E-state index in [9.17, 15) is 0 Å². The van der Waals surface area contributed by atoms with Crippen molar-refractivity contribution in [2.45, 2.75) is 40.5 Å². The molecule has 2 heterocycles. The van der Waals surface area contributed by atoms with Gasteiger partial charge in [0.05, 0.1) is 16.3 Å². The Morgan fingerprint density at radius 1 is 1.12 bits per heavy atom. The highest BCUT2D eigenvalue weighted by Crippen LogP contribution is 2.36. The Balaban J connectivity index is 2.23. The lowest BCUT2D eigenvalue weighted by Gasteiger charge is -2.23. The van der Waals surface area contributed by atoms with Gasteiger partial charge in [0.25, 0.3) is 0 Å². The summed E-state index contributed by atoms with van der Waals surface area (Å²) in [7, 11) is 0. The minimum absolute atomic E-state index is 0.610. The predicted molar refractivity (Wildman–Crippen MR) is 111 cm³/mol. The van der Waals surface area contributed by atoms with Crippen LogP contribution in [0.4, 0.5) is 5.82 Å². The molecule has 0 saturated carbocycles. The molecule has 0 spiro atoms. The average molecular weight is 391 g/mol. The van der Waals surface area contributed by atoms with Crippen LogP contribution < -0.4 is 4.90 Å². The number of nitrogens with zero attached hydrogens (tertiary/aromatic N) is 4. The molecule has 0 fully saturated rings. The van der Waals surface area contributed by atoms with Crippen LogP contribution in [0.5, 0.6) is 0 Å². The molecule has 0 amide bonds. The normalized spacial score (nSPS) is 11.3. The van der Waals surface area contributed by atoms with Gasteiger partial charge in [-0.1, -0.05) is 42.6 Å². The van der Waals surface area contributed by atoms with E-state index in [-0.39, 0.29) is 0 Å². The van der Waals surface area contributed by atoms with Crippen molar-refractivity contribution in [3.8, 4) is 11.1 Å².